The fourth-order valence-electron chi connectivity index (χ4n) is 3.77. The quantitative estimate of drug-likeness (QED) is 0.638. The first-order valence-electron chi connectivity index (χ1n) is 9.90. The predicted octanol–water partition coefficient (Wildman–Crippen LogP) is 4.09. The molecule has 9 heteroatoms. The summed E-state index contributed by atoms with van der Waals surface area (Å²) in [5.74, 6) is -1.33. The van der Waals surface area contributed by atoms with Crippen LogP contribution in [0.2, 0.25) is 5.02 Å². The smallest absolute Gasteiger partial charge is 0.315 e. The van der Waals surface area contributed by atoms with E-state index in [0.29, 0.717) is 30.9 Å². The number of amides is 2. The minimum absolute atomic E-state index is 0.104. The average molecular weight is 460 g/mol. The Morgan fingerprint density at radius 2 is 1.94 bits per heavy atom. The molecule has 2 N–H and O–H groups in total. The van der Waals surface area contributed by atoms with Gasteiger partial charge >= 0.3 is 6.03 Å². The van der Waals surface area contributed by atoms with Crippen LogP contribution in [-0.2, 0) is 19.6 Å². The molecule has 0 saturated heterocycles. The van der Waals surface area contributed by atoms with Crippen LogP contribution in [0.1, 0.15) is 22.4 Å². The molecule has 1 aliphatic heterocycles. The SMILES string of the molecule is Cc1cc(OCc2ccc(F)cc2F)c(Cl)c(=O)n1-c1ccc2c(c1)CN(C(N)=O)CC2. The van der Waals surface area contributed by atoms with Gasteiger partial charge in [-0.1, -0.05) is 17.7 Å². The van der Waals surface area contributed by atoms with Crippen LogP contribution in [0.25, 0.3) is 5.69 Å². The fraction of sp³-hybridized carbons (Fsp3) is 0.217. The van der Waals surface area contributed by atoms with Crippen LogP contribution >= 0.6 is 11.6 Å². The van der Waals surface area contributed by atoms with Gasteiger partial charge in [0.15, 0.2) is 0 Å². The largest absolute Gasteiger partial charge is 0.487 e. The van der Waals surface area contributed by atoms with Gasteiger partial charge in [0.05, 0.1) is 0 Å². The molecule has 0 spiro atoms. The third kappa shape index (κ3) is 4.18. The molecule has 3 aromatic rings. The minimum atomic E-state index is -0.745. The molecule has 6 nitrogen and oxygen atoms in total. The molecular formula is C23H20ClF2N3O3. The lowest BCUT2D eigenvalue weighted by Gasteiger charge is -2.28. The van der Waals surface area contributed by atoms with Gasteiger partial charge < -0.3 is 15.4 Å². The molecule has 0 bridgehead atoms. The molecule has 1 aliphatic rings. The van der Waals surface area contributed by atoms with E-state index in [2.05, 4.69) is 0 Å². The molecule has 0 unspecified atom stereocenters. The van der Waals surface area contributed by atoms with Crippen molar-refractivity contribution in [3.63, 3.8) is 0 Å². The Morgan fingerprint density at radius 3 is 2.66 bits per heavy atom. The van der Waals surface area contributed by atoms with Crippen molar-refractivity contribution in [2.75, 3.05) is 6.54 Å². The Hall–Kier alpha value is -3.39. The number of rotatable bonds is 4. The molecule has 1 aromatic heterocycles. The van der Waals surface area contributed by atoms with Crippen molar-refractivity contribution in [2.24, 2.45) is 5.73 Å². The van der Waals surface area contributed by atoms with E-state index in [1.54, 1.807) is 17.9 Å². The second kappa shape index (κ2) is 8.63. The molecule has 0 atom stereocenters. The Bertz CT molecular complexity index is 1280. The summed E-state index contributed by atoms with van der Waals surface area (Å²) in [4.78, 5) is 26.1. The number of carbonyl (C=O) groups excluding carboxylic acids is 1. The highest BCUT2D eigenvalue weighted by molar-refractivity contribution is 6.31. The maximum absolute atomic E-state index is 13.9. The van der Waals surface area contributed by atoms with Crippen LogP contribution in [0.4, 0.5) is 13.6 Å². The van der Waals surface area contributed by atoms with Crippen LogP contribution < -0.4 is 16.0 Å². The second-order valence-electron chi connectivity index (χ2n) is 7.59. The number of primary amides is 1. The van der Waals surface area contributed by atoms with E-state index in [1.165, 1.54) is 10.6 Å². The first kappa shape index (κ1) is 21.8. The maximum Gasteiger partial charge on any atom is 0.315 e. The van der Waals surface area contributed by atoms with E-state index < -0.39 is 23.2 Å². The van der Waals surface area contributed by atoms with Crippen molar-refractivity contribution in [1.82, 2.24) is 9.47 Å². The highest BCUT2D eigenvalue weighted by Crippen LogP contribution is 2.27. The summed E-state index contributed by atoms with van der Waals surface area (Å²) >= 11 is 6.28. The Labute approximate surface area is 187 Å². The van der Waals surface area contributed by atoms with Crippen molar-refractivity contribution in [3.05, 3.63) is 91.9 Å². The van der Waals surface area contributed by atoms with Gasteiger partial charge in [-0.25, -0.2) is 13.6 Å². The van der Waals surface area contributed by atoms with Crippen molar-refractivity contribution < 1.29 is 18.3 Å². The van der Waals surface area contributed by atoms with Gasteiger partial charge in [-0.3, -0.25) is 9.36 Å². The monoisotopic (exact) mass is 459 g/mol. The zero-order chi connectivity index (χ0) is 23.0. The molecule has 2 amide bonds. The van der Waals surface area contributed by atoms with E-state index in [4.69, 9.17) is 22.1 Å². The Balaban J connectivity index is 1.64. The lowest BCUT2D eigenvalue weighted by Crippen LogP contribution is -2.39. The summed E-state index contributed by atoms with van der Waals surface area (Å²) in [6, 6.07) is 9.83. The van der Waals surface area contributed by atoms with E-state index in [-0.39, 0.29) is 22.9 Å². The third-order valence-corrected chi connectivity index (χ3v) is 5.82. The number of hydrogen-bond acceptors (Lipinski definition) is 3. The van der Waals surface area contributed by atoms with E-state index >= 15 is 0 Å². The number of aryl methyl sites for hydroxylation is 1. The highest BCUT2D eigenvalue weighted by atomic mass is 35.5. The normalized spacial score (nSPS) is 13.1. The summed E-state index contributed by atoms with van der Waals surface area (Å²) in [6.45, 7) is 2.42. The molecule has 32 heavy (non-hydrogen) atoms. The van der Waals surface area contributed by atoms with Gasteiger partial charge in [-0.05, 0) is 48.7 Å². The summed E-state index contributed by atoms with van der Waals surface area (Å²) in [7, 11) is 0. The molecule has 4 rings (SSSR count). The number of nitrogens with two attached hydrogens (primary N) is 1. The number of fused-ring (bicyclic) bond motifs is 1. The number of carbonyl (C=O) groups is 1. The van der Waals surface area contributed by atoms with E-state index in [9.17, 15) is 18.4 Å². The van der Waals surface area contributed by atoms with Crippen molar-refractivity contribution >= 4 is 17.6 Å². The Morgan fingerprint density at radius 1 is 1.16 bits per heavy atom. The lowest BCUT2D eigenvalue weighted by atomic mass is 9.99. The van der Waals surface area contributed by atoms with E-state index in [0.717, 1.165) is 23.3 Å². The number of halogens is 3. The number of pyridine rings is 1. The maximum atomic E-state index is 13.9. The van der Waals surface area contributed by atoms with Crippen LogP contribution in [0, 0.1) is 18.6 Å². The third-order valence-electron chi connectivity index (χ3n) is 5.47. The van der Waals surface area contributed by atoms with Crippen molar-refractivity contribution in [1.29, 1.82) is 0 Å². The predicted molar refractivity (Wildman–Crippen MR) is 116 cm³/mol. The number of nitrogens with zero attached hydrogens (tertiary/aromatic N) is 2. The number of hydrogen-bond donors (Lipinski definition) is 1. The van der Waals surface area contributed by atoms with E-state index in [1.807, 2.05) is 18.2 Å². The van der Waals surface area contributed by atoms with Crippen LogP contribution in [0.15, 0.2) is 47.3 Å². The number of aromatic nitrogens is 1. The van der Waals surface area contributed by atoms with Crippen LogP contribution in [-0.4, -0.2) is 22.0 Å². The highest BCUT2D eigenvalue weighted by Gasteiger charge is 2.21. The summed E-state index contributed by atoms with van der Waals surface area (Å²) in [6.07, 6.45) is 0.680. The van der Waals surface area contributed by atoms with Gasteiger partial charge in [-0.2, -0.15) is 0 Å². The lowest BCUT2D eigenvalue weighted by molar-refractivity contribution is 0.202. The minimum Gasteiger partial charge on any atom is -0.487 e. The standard InChI is InChI=1S/C23H20ClF2N3O3/c1-13-8-20(32-12-15-2-4-17(25)10-19(15)26)21(24)22(30)29(13)18-5-3-14-6-7-28(23(27)31)11-16(14)9-18/h2-5,8-10H,6-7,11-12H2,1H3,(H2,27,31). The summed E-state index contributed by atoms with van der Waals surface area (Å²) < 4.78 is 33.9. The van der Waals surface area contributed by atoms with Crippen molar-refractivity contribution in [2.45, 2.75) is 26.5 Å². The van der Waals surface area contributed by atoms with Crippen molar-refractivity contribution in [3.8, 4) is 11.4 Å². The van der Waals surface area contributed by atoms with Crippen LogP contribution in [0.5, 0.6) is 5.75 Å². The van der Waals surface area contributed by atoms with Crippen LogP contribution in [0.3, 0.4) is 0 Å². The molecule has 0 radical (unpaired) electrons. The molecule has 2 heterocycles. The first-order chi connectivity index (χ1) is 15.2. The number of benzene rings is 2. The zero-order valence-electron chi connectivity index (χ0n) is 17.2. The second-order valence-corrected chi connectivity index (χ2v) is 7.97. The molecule has 0 fully saturated rings. The summed E-state index contributed by atoms with van der Waals surface area (Å²) in [5, 5.41) is -0.158. The Kier molecular flexibility index (Phi) is 5.88. The van der Waals surface area contributed by atoms with Gasteiger partial charge in [0, 0.05) is 42.2 Å². The van der Waals surface area contributed by atoms with Gasteiger partial charge in [0.2, 0.25) is 0 Å². The van der Waals surface area contributed by atoms with Gasteiger partial charge in [0.1, 0.15) is 29.0 Å². The first-order valence-corrected chi connectivity index (χ1v) is 10.3. The fourth-order valence-corrected chi connectivity index (χ4v) is 3.97. The molecular weight excluding hydrogens is 440 g/mol. The topological polar surface area (TPSA) is 77.6 Å². The average Bonchev–Trinajstić information content (AvgIpc) is 2.75. The molecule has 0 saturated carbocycles. The van der Waals surface area contributed by atoms with Gasteiger partial charge in [-0.15, -0.1) is 0 Å². The summed E-state index contributed by atoms with van der Waals surface area (Å²) in [5.41, 5.74) is 8.18. The number of urea groups is 1. The molecule has 0 aliphatic carbocycles. The molecule has 2 aromatic carbocycles. The number of ether oxygens (including phenoxy) is 1. The van der Waals surface area contributed by atoms with Gasteiger partial charge in [0.25, 0.3) is 5.56 Å². The zero-order valence-corrected chi connectivity index (χ0v) is 18.0. The molecule has 166 valence electrons.